The lowest BCUT2D eigenvalue weighted by Gasteiger charge is -2.16. The predicted octanol–water partition coefficient (Wildman–Crippen LogP) is 1.97. The summed E-state index contributed by atoms with van der Waals surface area (Å²) in [6.45, 7) is 2.86. The van der Waals surface area contributed by atoms with Crippen molar-refractivity contribution in [3.63, 3.8) is 0 Å². The highest BCUT2D eigenvalue weighted by molar-refractivity contribution is 5.81. The third-order valence-electron chi connectivity index (χ3n) is 4.00. The normalized spacial score (nSPS) is 11.4. The summed E-state index contributed by atoms with van der Waals surface area (Å²) in [6.07, 6.45) is 5.54. The molecule has 0 aliphatic rings. The number of hydrogen-bond acceptors (Lipinski definition) is 5. The second-order valence-electron chi connectivity index (χ2n) is 5.76. The van der Waals surface area contributed by atoms with Gasteiger partial charge in [0.15, 0.2) is 11.5 Å². The van der Waals surface area contributed by atoms with Crippen LogP contribution < -0.4 is 5.73 Å². The molecule has 0 saturated carbocycles. The number of imidazole rings is 1. The Bertz CT molecular complexity index is 752. The molecule has 0 atom stereocenters. The molecule has 0 unspecified atom stereocenters. The van der Waals surface area contributed by atoms with Crippen molar-refractivity contribution < 1.29 is 0 Å². The van der Waals surface area contributed by atoms with Crippen LogP contribution in [0.3, 0.4) is 0 Å². The minimum atomic E-state index is 0.435. The van der Waals surface area contributed by atoms with E-state index in [-0.39, 0.29) is 0 Å². The molecule has 6 nitrogen and oxygen atoms in total. The Morgan fingerprint density at radius 2 is 1.91 bits per heavy atom. The molecular weight excluding hydrogens is 288 g/mol. The summed E-state index contributed by atoms with van der Waals surface area (Å²) in [4.78, 5) is 14.9. The summed E-state index contributed by atoms with van der Waals surface area (Å²) < 4.78 is 2.03. The molecule has 0 amide bonds. The first kappa shape index (κ1) is 15.4. The zero-order valence-electron chi connectivity index (χ0n) is 13.4. The molecule has 0 aliphatic heterocycles. The van der Waals surface area contributed by atoms with E-state index in [0.717, 1.165) is 38.1 Å². The van der Waals surface area contributed by atoms with Gasteiger partial charge in [-0.1, -0.05) is 30.3 Å². The van der Waals surface area contributed by atoms with Crippen molar-refractivity contribution in [2.45, 2.75) is 19.4 Å². The highest BCUT2D eigenvalue weighted by Gasteiger charge is 2.08. The second kappa shape index (κ2) is 7.19. The number of nitrogens with zero attached hydrogens (tertiary/aromatic N) is 5. The van der Waals surface area contributed by atoms with E-state index in [1.807, 2.05) is 4.57 Å². The molecule has 6 heteroatoms. The summed E-state index contributed by atoms with van der Waals surface area (Å²) >= 11 is 0. The molecule has 23 heavy (non-hydrogen) atoms. The zero-order valence-corrected chi connectivity index (χ0v) is 13.4. The number of fused-ring (bicyclic) bond motifs is 1. The third-order valence-corrected chi connectivity index (χ3v) is 4.00. The number of anilines is 1. The fourth-order valence-corrected chi connectivity index (χ4v) is 2.65. The van der Waals surface area contributed by atoms with Gasteiger partial charge in [-0.15, -0.1) is 0 Å². The van der Waals surface area contributed by atoms with Crippen molar-refractivity contribution in [2.24, 2.45) is 0 Å². The molecular formula is C17H22N6. The van der Waals surface area contributed by atoms with Gasteiger partial charge in [0.25, 0.3) is 0 Å². The molecule has 0 fully saturated rings. The molecule has 0 radical (unpaired) electrons. The monoisotopic (exact) mass is 310 g/mol. The maximum Gasteiger partial charge on any atom is 0.165 e. The number of rotatable bonds is 7. The fraction of sp³-hybridized carbons (Fsp3) is 0.353. The smallest absolute Gasteiger partial charge is 0.165 e. The summed E-state index contributed by atoms with van der Waals surface area (Å²) in [6, 6.07) is 10.6. The maximum absolute atomic E-state index is 5.81. The Kier molecular flexibility index (Phi) is 4.83. The van der Waals surface area contributed by atoms with Crippen LogP contribution in [0, 0.1) is 0 Å². The minimum absolute atomic E-state index is 0.435. The van der Waals surface area contributed by atoms with Crippen LogP contribution in [0.4, 0.5) is 5.82 Å². The van der Waals surface area contributed by atoms with E-state index >= 15 is 0 Å². The van der Waals surface area contributed by atoms with Crippen LogP contribution in [-0.2, 0) is 13.0 Å². The van der Waals surface area contributed by atoms with Crippen LogP contribution in [0.2, 0.25) is 0 Å². The zero-order chi connectivity index (χ0) is 16.1. The molecule has 0 spiro atoms. The first-order valence-corrected chi connectivity index (χ1v) is 7.88. The van der Waals surface area contributed by atoms with Gasteiger partial charge in [0.2, 0.25) is 0 Å². The third kappa shape index (κ3) is 3.84. The van der Waals surface area contributed by atoms with E-state index in [0.29, 0.717) is 11.3 Å². The van der Waals surface area contributed by atoms with Crippen LogP contribution in [0.1, 0.15) is 12.0 Å². The van der Waals surface area contributed by atoms with Gasteiger partial charge >= 0.3 is 0 Å². The second-order valence-corrected chi connectivity index (χ2v) is 5.76. The molecule has 0 aliphatic carbocycles. The molecule has 0 bridgehead atoms. The average Bonchev–Trinajstić information content (AvgIpc) is 2.98. The maximum atomic E-state index is 5.81. The summed E-state index contributed by atoms with van der Waals surface area (Å²) in [5.74, 6) is 0.435. The van der Waals surface area contributed by atoms with E-state index in [1.54, 1.807) is 6.33 Å². The number of benzene rings is 1. The molecule has 2 N–H and O–H groups in total. The lowest BCUT2D eigenvalue weighted by atomic mass is 10.1. The van der Waals surface area contributed by atoms with Crippen LogP contribution in [0.25, 0.3) is 11.2 Å². The van der Waals surface area contributed by atoms with Gasteiger partial charge in [0.05, 0.1) is 6.33 Å². The molecule has 2 aromatic heterocycles. The Morgan fingerprint density at radius 1 is 1.09 bits per heavy atom. The molecule has 1 aromatic carbocycles. The van der Waals surface area contributed by atoms with E-state index in [4.69, 9.17) is 5.73 Å². The van der Waals surface area contributed by atoms with Crippen LogP contribution in [0.5, 0.6) is 0 Å². The van der Waals surface area contributed by atoms with Gasteiger partial charge in [-0.2, -0.15) is 0 Å². The van der Waals surface area contributed by atoms with Gasteiger partial charge in [-0.3, -0.25) is 0 Å². The number of hydrogen-bond donors (Lipinski definition) is 1. The van der Waals surface area contributed by atoms with Crippen LogP contribution in [-0.4, -0.2) is 44.6 Å². The minimum Gasteiger partial charge on any atom is -0.382 e. The van der Waals surface area contributed by atoms with E-state index in [9.17, 15) is 0 Å². The Hall–Kier alpha value is -2.47. The largest absolute Gasteiger partial charge is 0.382 e. The first-order valence-electron chi connectivity index (χ1n) is 7.88. The predicted molar refractivity (Wildman–Crippen MR) is 92.0 cm³/mol. The van der Waals surface area contributed by atoms with Gasteiger partial charge in [-0.05, 0) is 32.0 Å². The number of aromatic nitrogens is 4. The van der Waals surface area contributed by atoms with Gasteiger partial charge in [0, 0.05) is 13.1 Å². The Morgan fingerprint density at radius 3 is 2.74 bits per heavy atom. The van der Waals surface area contributed by atoms with Crippen molar-refractivity contribution in [3.05, 3.63) is 48.5 Å². The standard InChI is InChI=1S/C17H22N6/c1-22(9-5-8-14-6-3-2-4-7-14)10-11-23-13-21-15-16(18)19-12-20-17(15)23/h2-4,6-7,12-13H,5,8-11H2,1H3,(H2,18,19,20). The lowest BCUT2D eigenvalue weighted by molar-refractivity contribution is 0.316. The van der Waals surface area contributed by atoms with Crippen LogP contribution in [0.15, 0.2) is 43.0 Å². The van der Waals surface area contributed by atoms with E-state index in [2.05, 4.69) is 57.2 Å². The van der Waals surface area contributed by atoms with E-state index in [1.165, 1.54) is 11.9 Å². The average molecular weight is 310 g/mol. The van der Waals surface area contributed by atoms with Gasteiger partial charge in [-0.25, -0.2) is 15.0 Å². The topological polar surface area (TPSA) is 72.9 Å². The molecule has 2 heterocycles. The van der Waals surface area contributed by atoms with Crippen molar-refractivity contribution in [3.8, 4) is 0 Å². The first-order chi connectivity index (χ1) is 11.2. The quantitative estimate of drug-likeness (QED) is 0.722. The summed E-state index contributed by atoms with van der Waals surface area (Å²) in [5, 5.41) is 0. The SMILES string of the molecule is CN(CCCc1ccccc1)CCn1cnc2c(N)ncnc21. The Labute approximate surface area is 136 Å². The van der Waals surface area contributed by atoms with Crippen LogP contribution >= 0.6 is 0 Å². The highest BCUT2D eigenvalue weighted by atomic mass is 15.2. The molecule has 120 valence electrons. The van der Waals surface area contributed by atoms with E-state index < -0.39 is 0 Å². The number of aryl methyl sites for hydroxylation is 1. The highest BCUT2D eigenvalue weighted by Crippen LogP contribution is 2.13. The van der Waals surface area contributed by atoms with Crippen molar-refractivity contribution in [2.75, 3.05) is 25.9 Å². The lowest BCUT2D eigenvalue weighted by Crippen LogP contribution is -2.24. The summed E-state index contributed by atoms with van der Waals surface area (Å²) in [7, 11) is 2.15. The summed E-state index contributed by atoms with van der Waals surface area (Å²) in [5.41, 5.74) is 8.69. The number of nitrogens with two attached hydrogens (primary N) is 1. The fourth-order valence-electron chi connectivity index (χ4n) is 2.65. The molecule has 0 saturated heterocycles. The van der Waals surface area contributed by atoms with Gasteiger partial charge < -0.3 is 15.2 Å². The molecule has 3 rings (SSSR count). The Balaban J connectivity index is 1.48. The van der Waals surface area contributed by atoms with Crippen molar-refractivity contribution in [1.29, 1.82) is 0 Å². The van der Waals surface area contributed by atoms with Gasteiger partial charge in [0.1, 0.15) is 11.8 Å². The van der Waals surface area contributed by atoms with Crippen molar-refractivity contribution in [1.82, 2.24) is 24.4 Å². The molecule has 3 aromatic rings. The number of likely N-dealkylation sites (N-methyl/N-ethyl adjacent to an activating group) is 1. The van der Waals surface area contributed by atoms with Crippen molar-refractivity contribution >= 4 is 17.0 Å². The number of nitrogen functional groups attached to an aromatic ring is 1.